The van der Waals surface area contributed by atoms with Gasteiger partial charge in [0, 0.05) is 18.9 Å². The fourth-order valence-corrected chi connectivity index (χ4v) is 4.43. The predicted molar refractivity (Wildman–Crippen MR) is 98.1 cm³/mol. The Morgan fingerprint density at radius 1 is 1.15 bits per heavy atom. The molecule has 0 unspecified atom stereocenters. The van der Waals surface area contributed by atoms with E-state index in [0.29, 0.717) is 23.6 Å². The van der Waals surface area contributed by atoms with E-state index in [9.17, 15) is 9.59 Å². The molecule has 3 atom stereocenters. The van der Waals surface area contributed by atoms with Crippen LogP contribution in [-0.2, 0) is 30.2 Å². The van der Waals surface area contributed by atoms with Gasteiger partial charge in [-0.05, 0) is 11.6 Å². The number of benzene rings is 2. The van der Waals surface area contributed by atoms with E-state index in [-0.39, 0.29) is 5.91 Å². The molecule has 136 valence electrons. The highest BCUT2D eigenvalue weighted by Gasteiger charge is 2.80. The van der Waals surface area contributed by atoms with Crippen molar-refractivity contribution in [2.24, 2.45) is 4.99 Å². The molecule has 0 saturated carbocycles. The van der Waals surface area contributed by atoms with Crippen molar-refractivity contribution in [3.63, 3.8) is 0 Å². The Morgan fingerprint density at radius 3 is 2.56 bits per heavy atom. The molecule has 0 bridgehead atoms. The van der Waals surface area contributed by atoms with Crippen LogP contribution in [0.25, 0.3) is 0 Å². The molecule has 3 aliphatic heterocycles. The second-order valence-corrected chi connectivity index (χ2v) is 6.92. The van der Waals surface area contributed by atoms with E-state index in [4.69, 9.17) is 14.5 Å². The van der Waals surface area contributed by atoms with Gasteiger partial charge in [-0.1, -0.05) is 55.5 Å². The number of carbonyl (C=O) groups is 2. The summed E-state index contributed by atoms with van der Waals surface area (Å²) in [6.07, 6.45) is -0.102. The van der Waals surface area contributed by atoms with Crippen LogP contribution < -0.4 is 4.90 Å². The summed E-state index contributed by atoms with van der Waals surface area (Å²) in [7, 11) is 0. The van der Waals surface area contributed by atoms with Gasteiger partial charge in [-0.3, -0.25) is 9.59 Å². The lowest BCUT2D eigenvalue weighted by Crippen LogP contribution is -2.71. The Kier molecular flexibility index (Phi) is 3.16. The number of hydrogen-bond acceptors (Lipinski definition) is 5. The first-order valence-electron chi connectivity index (χ1n) is 8.99. The van der Waals surface area contributed by atoms with E-state index in [1.807, 2.05) is 49.4 Å². The minimum atomic E-state index is -1.40. The first kappa shape index (κ1) is 16.2. The maximum absolute atomic E-state index is 13.6. The van der Waals surface area contributed by atoms with Crippen molar-refractivity contribution < 1.29 is 19.1 Å². The van der Waals surface area contributed by atoms with E-state index in [0.717, 1.165) is 5.56 Å². The summed E-state index contributed by atoms with van der Waals surface area (Å²) in [5.74, 6) is -0.216. The third-order valence-corrected chi connectivity index (χ3v) is 5.57. The van der Waals surface area contributed by atoms with E-state index < -0.39 is 23.3 Å². The molecule has 0 N–H and O–H groups in total. The molecular weight excluding hydrogens is 344 g/mol. The summed E-state index contributed by atoms with van der Waals surface area (Å²) in [5, 5.41) is 0. The molecule has 1 spiro atoms. The first-order valence-corrected chi connectivity index (χ1v) is 8.99. The Labute approximate surface area is 156 Å². The van der Waals surface area contributed by atoms with Crippen LogP contribution in [0.2, 0.25) is 0 Å². The predicted octanol–water partition coefficient (Wildman–Crippen LogP) is 2.87. The molecule has 1 fully saturated rings. The normalized spacial score (nSPS) is 30.4. The Hall–Kier alpha value is -2.99. The van der Waals surface area contributed by atoms with Crippen molar-refractivity contribution >= 4 is 23.4 Å². The fraction of sp³-hybridized carbons (Fsp3) is 0.286. The van der Waals surface area contributed by atoms with Crippen LogP contribution in [0.15, 0.2) is 59.6 Å². The lowest BCUT2D eigenvalue weighted by atomic mass is 9.66. The number of para-hydroxylation sites is 1. The van der Waals surface area contributed by atoms with Gasteiger partial charge in [0.15, 0.2) is 11.4 Å². The van der Waals surface area contributed by atoms with Crippen LogP contribution in [0.3, 0.4) is 0 Å². The van der Waals surface area contributed by atoms with Crippen LogP contribution in [-0.4, -0.2) is 24.0 Å². The molecule has 0 radical (unpaired) electrons. The van der Waals surface area contributed by atoms with Crippen LogP contribution >= 0.6 is 0 Å². The van der Waals surface area contributed by atoms with E-state index in [1.165, 1.54) is 11.8 Å². The molecule has 1 saturated heterocycles. The minimum absolute atomic E-state index is 0.349. The molecule has 0 aromatic heterocycles. The standard InChI is InChI=1S/C21H18N2O4/c1-3-17-22-20(14-9-5-4-6-10-14)19(26-17)27-21(20)15-11-7-8-12-16(15)23(13(2)24)18(21)25/h4-12,19H,3H2,1-2H3/t19-,20-,21-/m0/s1. The van der Waals surface area contributed by atoms with Gasteiger partial charge in [-0.2, -0.15) is 0 Å². The summed E-state index contributed by atoms with van der Waals surface area (Å²) in [6, 6.07) is 16.8. The van der Waals surface area contributed by atoms with Crippen molar-refractivity contribution in [2.75, 3.05) is 4.90 Å². The quantitative estimate of drug-likeness (QED) is 0.824. The number of fused-ring (bicyclic) bond motifs is 4. The van der Waals surface area contributed by atoms with Crippen molar-refractivity contribution in [1.82, 2.24) is 0 Å². The van der Waals surface area contributed by atoms with Gasteiger partial charge in [0.25, 0.3) is 5.91 Å². The van der Waals surface area contributed by atoms with Gasteiger partial charge < -0.3 is 9.47 Å². The molecule has 2 amide bonds. The van der Waals surface area contributed by atoms with Gasteiger partial charge in [0.05, 0.1) is 5.69 Å². The number of aliphatic imine (C=N–C) groups is 1. The van der Waals surface area contributed by atoms with Crippen LogP contribution in [0.1, 0.15) is 31.4 Å². The zero-order valence-corrected chi connectivity index (χ0v) is 15.0. The van der Waals surface area contributed by atoms with Crippen LogP contribution in [0, 0.1) is 0 Å². The van der Waals surface area contributed by atoms with Crippen molar-refractivity contribution in [3.8, 4) is 0 Å². The highest BCUT2D eigenvalue weighted by atomic mass is 16.7. The van der Waals surface area contributed by atoms with Crippen LogP contribution in [0.5, 0.6) is 0 Å². The van der Waals surface area contributed by atoms with E-state index in [1.54, 1.807) is 12.1 Å². The molecule has 0 aliphatic carbocycles. The molecule has 3 heterocycles. The number of imide groups is 1. The second-order valence-electron chi connectivity index (χ2n) is 6.92. The van der Waals surface area contributed by atoms with Gasteiger partial charge in [-0.15, -0.1) is 0 Å². The number of hydrogen-bond donors (Lipinski definition) is 0. The molecule has 5 rings (SSSR count). The lowest BCUT2D eigenvalue weighted by molar-refractivity contribution is -0.323. The molecule has 27 heavy (non-hydrogen) atoms. The lowest BCUT2D eigenvalue weighted by Gasteiger charge is -2.54. The monoisotopic (exact) mass is 362 g/mol. The average molecular weight is 362 g/mol. The molecule has 3 aliphatic rings. The summed E-state index contributed by atoms with van der Waals surface area (Å²) >= 11 is 0. The van der Waals surface area contributed by atoms with Crippen molar-refractivity contribution in [2.45, 2.75) is 37.7 Å². The minimum Gasteiger partial charge on any atom is -0.449 e. The number of anilines is 1. The molecule has 2 aromatic carbocycles. The zero-order chi connectivity index (χ0) is 18.8. The largest absolute Gasteiger partial charge is 0.449 e. The highest BCUT2D eigenvalue weighted by Crippen LogP contribution is 2.66. The number of nitrogens with zero attached hydrogens (tertiary/aromatic N) is 2. The first-order chi connectivity index (χ1) is 13.1. The highest BCUT2D eigenvalue weighted by molar-refractivity contribution is 6.23. The van der Waals surface area contributed by atoms with E-state index >= 15 is 0 Å². The molecular formula is C21H18N2O4. The van der Waals surface area contributed by atoms with Crippen molar-refractivity contribution in [3.05, 3.63) is 65.7 Å². The third-order valence-electron chi connectivity index (χ3n) is 5.57. The SMILES string of the molecule is CCC1=N[C@@]2(c3ccccc3)[C@@H](O1)O[C@@]21C(=O)N(C(C)=O)c2ccccc21. The topological polar surface area (TPSA) is 68.2 Å². The van der Waals surface area contributed by atoms with Gasteiger partial charge in [-0.25, -0.2) is 9.89 Å². The summed E-state index contributed by atoms with van der Waals surface area (Å²) < 4.78 is 12.0. The number of amides is 2. The van der Waals surface area contributed by atoms with Gasteiger partial charge in [0.1, 0.15) is 0 Å². The summed E-state index contributed by atoms with van der Waals surface area (Å²) in [4.78, 5) is 31.9. The Balaban J connectivity index is 1.81. The summed E-state index contributed by atoms with van der Waals surface area (Å²) in [5.41, 5.74) is -0.424. The van der Waals surface area contributed by atoms with Gasteiger partial charge >= 0.3 is 0 Å². The number of carbonyl (C=O) groups excluding carboxylic acids is 2. The Morgan fingerprint density at radius 2 is 1.85 bits per heavy atom. The zero-order valence-electron chi connectivity index (χ0n) is 15.0. The smallest absolute Gasteiger partial charge is 0.274 e. The number of rotatable bonds is 2. The second kappa shape index (κ2) is 5.27. The summed E-state index contributed by atoms with van der Waals surface area (Å²) in [6.45, 7) is 3.33. The Bertz CT molecular complexity index is 1000. The molecule has 6 heteroatoms. The maximum Gasteiger partial charge on any atom is 0.274 e. The number of ether oxygens (including phenoxy) is 2. The molecule has 2 aromatic rings. The van der Waals surface area contributed by atoms with E-state index in [2.05, 4.69) is 0 Å². The van der Waals surface area contributed by atoms with Crippen LogP contribution in [0.4, 0.5) is 5.69 Å². The maximum atomic E-state index is 13.6. The van der Waals surface area contributed by atoms with Crippen molar-refractivity contribution in [1.29, 1.82) is 0 Å². The average Bonchev–Trinajstić information content (AvgIpc) is 3.12. The molecule has 6 nitrogen and oxygen atoms in total. The van der Waals surface area contributed by atoms with Gasteiger partial charge in [0.2, 0.25) is 17.8 Å². The fourth-order valence-electron chi connectivity index (χ4n) is 4.43. The third kappa shape index (κ3) is 1.71.